The average molecular weight is 359 g/mol. The molecule has 0 heterocycles. The maximum absolute atomic E-state index is 12.8. The summed E-state index contributed by atoms with van der Waals surface area (Å²) >= 11 is 2.90. The van der Waals surface area contributed by atoms with Gasteiger partial charge in [-0.05, 0) is 18.2 Å². The Kier molecular flexibility index (Phi) is 4.78. The minimum atomic E-state index is -4.67. The van der Waals surface area contributed by atoms with Crippen LogP contribution in [-0.2, 0) is 16.0 Å². The number of carbonyl (C=O) groups excluding carboxylic acids is 1. The summed E-state index contributed by atoms with van der Waals surface area (Å²) in [4.78, 5) is 11.7. The summed E-state index contributed by atoms with van der Waals surface area (Å²) in [5.41, 5.74) is -1.58. The van der Waals surface area contributed by atoms with E-state index in [1.807, 2.05) is 0 Å². The van der Waals surface area contributed by atoms with Crippen molar-refractivity contribution in [3.05, 3.63) is 33.8 Å². The van der Waals surface area contributed by atoms with Gasteiger partial charge < -0.3 is 0 Å². The first-order valence-electron chi connectivity index (χ1n) is 5.08. The standard InChI is InChI=1S/C11H10BrF3O3S/c1-19(17,18)5-4-10(16)8-3-2-7(12)6-9(8)11(13,14)15/h2-3,6H,4-5H2,1H3. The second-order valence-corrected chi connectivity index (χ2v) is 7.17. The zero-order chi connectivity index (χ0) is 14.8. The molecule has 0 aliphatic carbocycles. The van der Waals surface area contributed by atoms with E-state index in [4.69, 9.17) is 0 Å². The normalized spacial score (nSPS) is 12.5. The van der Waals surface area contributed by atoms with Crippen LogP contribution in [0.25, 0.3) is 0 Å². The molecule has 0 amide bonds. The van der Waals surface area contributed by atoms with Crippen molar-refractivity contribution in [3.8, 4) is 0 Å². The summed E-state index contributed by atoms with van der Waals surface area (Å²) in [7, 11) is -3.40. The highest BCUT2D eigenvalue weighted by molar-refractivity contribution is 9.10. The molecule has 0 aliphatic heterocycles. The Morgan fingerprint density at radius 2 is 1.89 bits per heavy atom. The fraction of sp³-hybridized carbons (Fsp3) is 0.364. The van der Waals surface area contributed by atoms with Gasteiger partial charge in [0.1, 0.15) is 9.84 Å². The number of carbonyl (C=O) groups is 1. The Bertz CT molecular complexity index is 594. The Balaban J connectivity index is 3.10. The first-order chi connectivity index (χ1) is 8.50. The number of hydrogen-bond acceptors (Lipinski definition) is 3. The summed E-state index contributed by atoms with van der Waals surface area (Å²) in [6.07, 6.45) is -4.21. The number of ketones is 1. The first-order valence-corrected chi connectivity index (χ1v) is 7.94. The fourth-order valence-corrected chi connectivity index (χ4v) is 2.32. The lowest BCUT2D eigenvalue weighted by atomic mass is 10.0. The zero-order valence-electron chi connectivity index (χ0n) is 9.79. The summed E-state index contributed by atoms with van der Waals surface area (Å²) in [5.74, 6) is -1.32. The molecular weight excluding hydrogens is 349 g/mol. The number of Topliss-reactive ketones (excluding diaryl/α,β-unsaturated/α-hetero) is 1. The molecule has 0 radical (unpaired) electrons. The van der Waals surface area contributed by atoms with E-state index in [1.165, 1.54) is 6.07 Å². The van der Waals surface area contributed by atoms with Gasteiger partial charge in [-0.25, -0.2) is 8.42 Å². The molecule has 0 bridgehead atoms. The molecule has 0 atom stereocenters. The molecule has 0 saturated heterocycles. The minimum Gasteiger partial charge on any atom is -0.294 e. The van der Waals surface area contributed by atoms with Gasteiger partial charge in [-0.15, -0.1) is 0 Å². The van der Waals surface area contributed by atoms with Crippen LogP contribution in [-0.4, -0.2) is 26.2 Å². The van der Waals surface area contributed by atoms with Crippen LogP contribution in [0, 0.1) is 0 Å². The summed E-state index contributed by atoms with van der Waals surface area (Å²) in [6, 6.07) is 3.15. The Morgan fingerprint density at radius 1 is 1.32 bits per heavy atom. The molecule has 8 heteroatoms. The lowest BCUT2D eigenvalue weighted by Gasteiger charge is -2.12. The van der Waals surface area contributed by atoms with Crippen LogP contribution in [0.5, 0.6) is 0 Å². The number of hydrogen-bond donors (Lipinski definition) is 0. The largest absolute Gasteiger partial charge is 0.417 e. The monoisotopic (exact) mass is 358 g/mol. The van der Waals surface area contributed by atoms with Crippen molar-refractivity contribution in [1.29, 1.82) is 0 Å². The lowest BCUT2D eigenvalue weighted by molar-refractivity contribution is -0.138. The van der Waals surface area contributed by atoms with Crippen LogP contribution in [0.15, 0.2) is 22.7 Å². The van der Waals surface area contributed by atoms with Gasteiger partial charge >= 0.3 is 6.18 Å². The molecule has 0 aliphatic rings. The molecule has 106 valence electrons. The van der Waals surface area contributed by atoms with Crippen LogP contribution in [0.2, 0.25) is 0 Å². The first kappa shape index (κ1) is 16.2. The van der Waals surface area contributed by atoms with E-state index in [0.717, 1.165) is 18.4 Å². The lowest BCUT2D eigenvalue weighted by Crippen LogP contribution is -2.15. The molecular formula is C11H10BrF3O3S. The van der Waals surface area contributed by atoms with Gasteiger partial charge in [0.2, 0.25) is 0 Å². The van der Waals surface area contributed by atoms with Crippen LogP contribution in [0.3, 0.4) is 0 Å². The van der Waals surface area contributed by atoms with Crippen molar-refractivity contribution in [2.75, 3.05) is 12.0 Å². The molecule has 0 aromatic heterocycles. The maximum atomic E-state index is 12.8. The number of halogens is 4. The SMILES string of the molecule is CS(=O)(=O)CCC(=O)c1ccc(Br)cc1C(F)(F)F. The number of rotatable bonds is 4. The average Bonchev–Trinajstić information content (AvgIpc) is 2.23. The van der Waals surface area contributed by atoms with Crippen LogP contribution >= 0.6 is 15.9 Å². The maximum Gasteiger partial charge on any atom is 0.417 e. The van der Waals surface area contributed by atoms with E-state index in [9.17, 15) is 26.4 Å². The molecule has 1 rings (SSSR count). The summed E-state index contributed by atoms with van der Waals surface area (Å²) in [5, 5.41) is 0. The highest BCUT2D eigenvalue weighted by Crippen LogP contribution is 2.34. The molecule has 19 heavy (non-hydrogen) atoms. The predicted molar refractivity (Wildman–Crippen MR) is 67.8 cm³/mol. The van der Waals surface area contributed by atoms with Gasteiger partial charge in [0, 0.05) is 22.7 Å². The number of benzene rings is 1. The second kappa shape index (κ2) is 5.62. The van der Waals surface area contributed by atoms with Crippen molar-refractivity contribution < 1.29 is 26.4 Å². The third-order valence-electron chi connectivity index (χ3n) is 2.29. The number of alkyl halides is 3. The zero-order valence-corrected chi connectivity index (χ0v) is 12.2. The molecule has 1 aromatic carbocycles. The topological polar surface area (TPSA) is 51.2 Å². The Morgan fingerprint density at radius 3 is 2.37 bits per heavy atom. The molecule has 0 spiro atoms. The van der Waals surface area contributed by atoms with Crippen LogP contribution in [0.4, 0.5) is 13.2 Å². The molecule has 0 saturated carbocycles. The molecule has 0 unspecified atom stereocenters. The third-order valence-corrected chi connectivity index (χ3v) is 3.73. The van der Waals surface area contributed by atoms with Gasteiger partial charge in [0.05, 0.1) is 11.3 Å². The van der Waals surface area contributed by atoms with E-state index < -0.39 is 45.1 Å². The molecule has 3 nitrogen and oxygen atoms in total. The molecule has 1 aromatic rings. The number of sulfone groups is 1. The van der Waals surface area contributed by atoms with Crippen molar-refractivity contribution >= 4 is 31.6 Å². The second-order valence-electron chi connectivity index (χ2n) is 3.99. The molecule has 0 fully saturated rings. The highest BCUT2D eigenvalue weighted by atomic mass is 79.9. The van der Waals surface area contributed by atoms with E-state index in [1.54, 1.807) is 0 Å². The van der Waals surface area contributed by atoms with Crippen LogP contribution in [0.1, 0.15) is 22.3 Å². The van der Waals surface area contributed by atoms with Crippen LogP contribution < -0.4 is 0 Å². The van der Waals surface area contributed by atoms with Crippen molar-refractivity contribution in [3.63, 3.8) is 0 Å². The highest BCUT2D eigenvalue weighted by Gasteiger charge is 2.35. The quantitative estimate of drug-likeness (QED) is 0.777. The van der Waals surface area contributed by atoms with Crippen molar-refractivity contribution in [2.24, 2.45) is 0 Å². The van der Waals surface area contributed by atoms with E-state index >= 15 is 0 Å². The van der Waals surface area contributed by atoms with Crippen molar-refractivity contribution in [1.82, 2.24) is 0 Å². The Hall–Kier alpha value is -0.890. The third kappa shape index (κ3) is 4.94. The van der Waals surface area contributed by atoms with Gasteiger partial charge in [-0.1, -0.05) is 15.9 Å². The van der Waals surface area contributed by atoms with Gasteiger partial charge in [-0.3, -0.25) is 4.79 Å². The van der Waals surface area contributed by atoms with Gasteiger partial charge in [-0.2, -0.15) is 13.2 Å². The fourth-order valence-electron chi connectivity index (χ4n) is 1.41. The van der Waals surface area contributed by atoms with Gasteiger partial charge in [0.25, 0.3) is 0 Å². The summed E-state index contributed by atoms with van der Waals surface area (Å²) < 4.78 is 60.4. The van der Waals surface area contributed by atoms with E-state index in [2.05, 4.69) is 15.9 Å². The predicted octanol–water partition coefficient (Wildman–Crippen LogP) is 3.09. The van der Waals surface area contributed by atoms with Crippen molar-refractivity contribution in [2.45, 2.75) is 12.6 Å². The van der Waals surface area contributed by atoms with E-state index in [-0.39, 0.29) is 4.47 Å². The summed E-state index contributed by atoms with van der Waals surface area (Å²) in [6.45, 7) is 0. The van der Waals surface area contributed by atoms with E-state index in [0.29, 0.717) is 0 Å². The Labute approximate surface area is 116 Å². The van der Waals surface area contributed by atoms with Gasteiger partial charge in [0.15, 0.2) is 5.78 Å². The molecule has 0 N–H and O–H groups in total. The smallest absolute Gasteiger partial charge is 0.294 e. The minimum absolute atomic E-state index is 0.194.